The molecule has 23 nitrogen and oxygen atoms in total. The van der Waals surface area contributed by atoms with Gasteiger partial charge in [-0.1, -0.05) is 62.6 Å². The lowest BCUT2D eigenvalue weighted by Gasteiger charge is -2.42. The van der Waals surface area contributed by atoms with Gasteiger partial charge in [0.1, 0.15) is 40.7 Å². The molecule has 4 bridgehead atoms. The van der Waals surface area contributed by atoms with Crippen LogP contribution in [0.4, 0.5) is 22.0 Å². The van der Waals surface area contributed by atoms with Crippen LogP contribution in [0.2, 0.25) is 5.02 Å². The van der Waals surface area contributed by atoms with Crippen molar-refractivity contribution in [1.29, 1.82) is 0 Å². The van der Waals surface area contributed by atoms with Crippen LogP contribution in [0.3, 0.4) is 0 Å². The van der Waals surface area contributed by atoms with E-state index in [-0.39, 0.29) is 95.6 Å². The SMILES string of the molecule is COc1cc2cc(c1Cl)N(C)C(=O)C[C@H](OC(=O)[C@H](C)N(C)C(=O)CCC(C)(C)SC1CC(=O)N(CCCCCC(=O)c3cnc(N4C(=O)C=C(SC)C4=O)c(NC(=O)CCSC)c3)C1=O)[C@]1(C)O[C@H]1[C@H](C)[C@@H]1C[C@@](O)(NC(=O)O1)[C@H](OC)/C=C/C=C(\C)C2. The van der Waals surface area contributed by atoms with Gasteiger partial charge in [-0.15, -0.1) is 23.5 Å². The number of alkyl carbamates (subject to hydrolysis) is 1. The van der Waals surface area contributed by atoms with Gasteiger partial charge in [0, 0.05) is 94.1 Å². The largest absolute Gasteiger partial charge is 0.495 e. The number of benzene rings is 1. The molecule has 1 unspecified atom stereocenters. The number of anilines is 3. The Bertz CT molecular complexity index is 3220. The number of methoxy groups -OCH3 is 2. The summed E-state index contributed by atoms with van der Waals surface area (Å²) in [5, 5.41) is 16.6. The number of fused-ring (bicyclic) bond motifs is 5. The number of carbonyl (C=O) groups excluding carboxylic acids is 10. The highest BCUT2D eigenvalue weighted by Gasteiger charge is 2.64. The molecule has 6 heterocycles. The van der Waals surface area contributed by atoms with E-state index in [1.54, 1.807) is 51.4 Å². The van der Waals surface area contributed by atoms with E-state index in [0.717, 1.165) is 27.8 Å². The molecule has 1 aromatic carbocycles. The number of hydrogen-bond acceptors (Lipinski definition) is 20. The second-order valence-corrected chi connectivity index (χ2v) is 27.8. The van der Waals surface area contributed by atoms with Crippen LogP contribution in [0.5, 0.6) is 5.75 Å². The zero-order valence-corrected chi connectivity index (χ0v) is 55.5. The van der Waals surface area contributed by atoms with Gasteiger partial charge in [-0.3, -0.25) is 48.6 Å². The Labute approximate surface area is 536 Å². The molecular weight excluding hydrogens is 1230 g/mol. The third-order valence-corrected chi connectivity index (χ3v) is 20.0. The molecule has 0 radical (unpaired) electrons. The van der Waals surface area contributed by atoms with Crippen molar-refractivity contribution >= 4 is 123 Å². The number of thioether (sulfide) groups is 3. The number of likely N-dealkylation sites (N-methyl/N-ethyl adjacent to an activating group) is 1. The number of allylic oxidation sites excluding steroid dienone is 3. The monoisotopic (exact) mass is 1310 g/mol. The number of aliphatic hydroxyl groups is 1. The Morgan fingerprint density at radius 2 is 1.75 bits per heavy atom. The van der Waals surface area contributed by atoms with Crippen LogP contribution in [0, 0.1) is 5.92 Å². The summed E-state index contributed by atoms with van der Waals surface area (Å²) >= 11 is 10.7. The summed E-state index contributed by atoms with van der Waals surface area (Å²) in [5.41, 5.74) is -1.03. The Hall–Kier alpha value is -6.29. The Morgan fingerprint density at radius 1 is 1.02 bits per heavy atom. The van der Waals surface area contributed by atoms with Gasteiger partial charge in [-0.05, 0) is 82.7 Å². The third-order valence-electron chi connectivity index (χ3n) is 16.7. The number of nitrogens with one attached hydrogen (secondary N) is 2. The summed E-state index contributed by atoms with van der Waals surface area (Å²) < 4.78 is 28.9. The van der Waals surface area contributed by atoms with Gasteiger partial charge in [0.2, 0.25) is 29.5 Å². The number of rotatable bonds is 23. The van der Waals surface area contributed by atoms with Crippen LogP contribution >= 0.6 is 46.9 Å². The molecule has 2 aromatic rings. The number of pyridine rings is 1. The lowest BCUT2D eigenvalue weighted by atomic mass is 9.83. The molecule has 0 saturated carbocycles. The molecular formula is C62H80ClN7O16S3. The maximum absolute atomic E-state index is 14.5. The Kier molecular flexibility index (Phi) is 23.5. The summed E-state index contributed by atoms with van der Waals surface area (Å²) in [6.07, 6.45) is 7.96. The Balaban J connectivity index is 0.946. The number of esters is 1. The highest BCUT2D eigenvalue weighted by atomic mass is 35.5. The number of halogens is 1. The van der Waals surface area contributed by atoms with Gasteiger partial charge in [-0.25, -0.2) is 19.5 Å². The van der Waals surface area contributed by atoms with Crippen molar-refractivity contribution in [3.63, 3.8) is 0 Å². The zero-order chi connectivity index (χ0) is 65.4. The third kappa shape index (κ3) is 16.6. The predicted molar refractivity (Wildman–Crippen MR) is 340 cm³/mol. The van der Waals surface area contributed by atoms with Gasteiger partial charge >= 0.3 is 12.1 Å². The molecule has 1 aromatic heterocycles. The van der Waals surface area contributed by atoms with Crippen molar-refractivity contribution in [2.24, 2.45) is 5.92 Å². The number of unbranched alkanes of at least 4 members (excludes halogenated alkanes) is 2. The number of Topliss-reactive ketones (excluding diaryl/α,β-unsaturated/α-hetero) is 1. The normalized spacial score (nSPS) is 26.2. The number of carbonyl (C=O) groups is 10. The maximum atomic E-state index is 14.5. The summed E-state index contributed by atoms with van der Waals surface area (Å²) in [5.74, 6) is -4.17. The molecule has 484 valence electrons. The molecule has 9 atom stereocenters. The van der Waals surface area contributed by atoms with Crippen molar-refractivity contribution in [2.45, 2.75) is 164 Å². The van der Waals surface area contributed by atoms with Crippen LogP contribution in [0.15, 0.2) is 59.2 Å². The molecule has 3 saturated heterocycles. The van der Waals surface area contributed by atoms with Crippen LogP contribution in [0.1, 0.15) is 122 Å². The first kappa shape index (κ1) is 70.2. The minimum Gasteiger partial charge on any atom is -0.495 e. The van der Waals surface area contributed by atoms with E-state index in [1.807, 2.05) is 33.1 Å². The number of aromatic nitrogens is 1. The molecule has 0 aliphatic carbocycles. The second-order valence-electron chi connectivity index (χ2n) is 23.7. The summed E-state index contributed by atoms with van der Waals surface area (Å²) in [4.78, 5) is 144. The number of amides is 8. The molecule has 5 aliphatic heterocycles. The molecule has 3 N–H and O–H groups in total. The number of ketones is 1. The van der Waals surface area contributed by atoms with E-state index in [1.165, 1.54) is 84.8 Å². The molecule has 8 amide bonds. The molecule has 5 aliphatic rings. The van der Waals surface area contributed by atoms with Crippen LogP contribution in [-0.2, 0) is 63.7 Å². The van der Waals surface area contributed by atoms with Gasteiger partial charge in [-0.2, -0.15) is 11.8 Å². The fraction of sp³-hybridized carbons (Fsp3) is 0.565. The number of imide groups is 2. The van der Waals surface area contributed by atoms with Gasteiger partial charge in [0.15, 0.2) is 17.3 Å². The van der Waals surface area contributed by atoms with Crippen molar-refractivity contribution in [2.75, 3.05) is 68.2 Å². The van der Waals surface area contributed by atoms with E-state index in [0.29, 0.717) is 42.9 Å². The van der Waals surface area contributed by atoms with Crippen molar-refractivity contribution in [1.82, 2.24) is 20.1 Å². The van der Waals surface area contributed by atoms with Crippen LogP contribution < -0.4 is 25.2 Å². The van der Waals surface area contributed by atoms with E-state index >= 15 is 0 Å². The standard InChI is InChI=1S/C62H80ClN7O16S3/c1-34-17-16-19-46(83-10)62(81)32-43(84-59(80)66-62)35(2)54-61(6,86-54)47(31-50(74)68(8)40-26-37(25-34)27-42(82-9)53(40)63)85-58(79)36(3)67(7)49(73)20-22-60(4,5)89-45-30-51(75)69(56(45)77)23-15-13-14-18-41(71)38-28-39(65-48(72)21-24-87-11)55(64-33-38)70-52(76)29-44(88-12)57(70)78/h16-17,19,26-29,33,35-36,43,45-47,54,81H,13-15,18,20-25,30-32H2,1-12H3,(H,65,72)(H,66,80)/b19-16+,34-17+/t35-,36+,43+,45?,46-,47+,54+,61+,62+/m1/s1. The van der Waals surface area contributed by atoms with Gasteiger partial charge < -0.3 is 43.9 Å². The molecule has 7 rings (SSSR count). The number of epoxide rings is 1. The fourth-order valence-electron chi connectivity index (χ4n) is 11.2. The highest BCUT2D eigenvalue weighted by Crippen LogP contribution is 2.50. The summed E-state index contributed by atoms with van der Waals surface area (Å²) in [6.45, 7) is 10.7. The number of ether oxygens (including phenoxy) is 5. The zero-order valence-electron chi connectivity index (χ0n) is 52.3. The van der Waals surface area contributed by atoms with E-state index in [2.05, 4.69) is 15.6 Å². The second kappa shape index (κ2) is 29.8. The Morgan fingerprint density at radius 3 is 2.43 bits per heavy atom. The van der Waals surface area contributed by atoms with Crippen molar-refractivity contribution in [3.8, 4) is 5.75 Å². The molecule has 0 spiro atoms. The number of nitrogens with zero attached hydrogens (tertiary/aromatic N) is 5. The number of likely N-dealkylation sites (tertiary alicyclic amines) is 1. The van der Waals surface area contributed by atoms with E-state index in [4.69, 9.17) is 35.3 Å². The number of hydrogen-bond donors (Lipinski definition) is 3. The lowest BCUT2D eigenvalue weighted by Crippen LogP contribution is -2.63. The summed E-state index contributed by atoms with van der Waals surface area (Å²) in [6, 6.07) is 3.77. The predicted octanol–water partition coefficient (Wildman–Crippen LogP) is 7.58. The molecule has 89 heavy (non-hydrogen) atoms. The van der Waals surface area contributed by atoms with Crippen LogP contribution in [-0.4, -0.2) is 184 Å². The lowest BCUT2D eigenvalue weighted by molar-refractivity contribution is -0.162. The first-order valence-electron chi connectivity index (χ1n) is 29.3. The molecule has 3 fully saturated rings. The minimum absolute atomic E-state index is 0.0334. The first-order chi connectivity index (χ1) is 42.0. The van der Waals surface area contributed by atoms with E-state index in [9.17, 15) is 53.1 Å². The quantitative estimate of drug-likeness (QED) is 0.0317. The topological polar surface area (TPSA) is 290 Å². The minimum atomic E-state index is -1.90. The average molecular weight is 1310 g/mol. The first-order valence-corrected chi connectivity index (χ1v) is 33.2. The fourth-order valence-corrected chi connectivity index (χ4v) is 13.8. The van der Waals surface area contributed by atoms with E-state index < -0.39 is 99.8 Å². The maximum Gasteiger partial charge on any atom is 0.409 e. The molecule has 27 heteroatoms. The van der Waals surface area contributed by atoms with Gasteiger partial charge in [0.25, 0.3) is 11.8 Å². The van der Waals surface area contributed by atoms with Gasteiger partial charge in [0.05, 0.1) is 41.2 Å². The smallest absolute Gasteiger partial charge is 0.409 e. The van der Waals surface area contributed by atoms with Crippen LogP contribution in [0.25, 0.3) is 0 Å². The highest BCUT2D eigenvalue weighted by molar-refractivity contribution is 8.03. The van der Waals surface area contributed by atoms with Crippen molar-refractivity contribution < 1.29 is 76.7 Å². The summed E-state index contributed by atoms with van der Waals surface area (Å²) in [7, 11) is 5.88. The average Bonchev–Trinajstić information content (AvgIpc) is 1.59. The van der Waals surface area contributed by atoms with Crippen molar-refractivity contribution in [3.05, 3.63) is 75.3 Å².